The molecule has 0 spiro atoms. The molecule has 10 heavy (non-hydrogen) atoms. The van der Waals surface area contributed by atoms with E-state index >= 15 is 0 Å². The number of imide groups is 1. The van der Waals surface area contributed by atoms with Crippen molar-refractivity contribution in [2.45, 2.75) is 0 Å². The molecule has 0 aliphatic carbocycles. The van der Waals surface area contributed by atoms with Gasteiger partial charge in [0, 0.05) is 0 Å². The topological polar surface area (TPSA) is 46.2 Å². The van der Waals surface area contributed by atoms with Gasteiger partial charge in [-0.2, -0.15) is 0 Å². The van der Waals surface area contributed by atoms with Gasteiger partial charge in [0.05, 0.1) is 6.20 Å². The van der Waals surface area contributed by atoms with E-state index in [0.717, 1.165) is 0 Å². The third kappa shape index (κ3) is 0.964. The number of carbonyl (C=O) groups excluding carboxylic acids is 2. The third-order valence-corrected chi connectivity index (χ3v) is 1.19. The van der Waals surface area contributed by atoms with Gasteiger partial charge >= 0.3 is 12.8 Å². The minimum absolute atomic E-state index is 0.490. The van der Waals surface area contributed by atoms with Crippen LogP contribution in [0.4, 0.5) is 0 Å². The maximum atomic E-state index is 10.3. The van der Waals surface area contributed by atoms with E-state index in [1.165, 1.54) is 12.4 Å². The molecule has 4 heteroatoms. The molecule has 0 fully saturated rings. The van der Waals surface area contributed by atoms with Crippen LogP contribution in [0.25, 0.3) is 0 Å². The van der Waals surface area contributed by atoms with Gasteiger partial charge in [-0.05, 0) is 12.2 Å². The summed E-state index contributed by atoms with van der Waals surface area (Å²) in [6.45, 7) is 0. The maximum Gasteiger partial charge on any atom is 0.337 e. The lowest BCUT2D eigenvalue weighted by molar-refractivity contribution is -0.748. The lowest BCUT2D eigenvalue weighted by Crippen LogP contribution is -2.50. The van der Waals surface area contributed by atoms with Crippen LogP contribution in [-0.4, -0.2) is 17.4 Å². The van der Waals surface area contributed by atoms with E-state index in [9.17, 15) is 9.59 Å². The first-order chi connectivity index (χ1) is 4.83. The van der Waals surface area contributed by atoms with Crippen molar-refractivity contribution in [3.8, 4) is 0 Å². The maximum absolute atomic E-state index is 10.3. The fourth-order valence-electron chi connectivity index (χ4n) is 0.619. The van der Waals surface area contributed by atoms with Crippen LogP contribution in [0.15, 0.2) is 24.6 Å². The fourth-order valence-corrected chi connectivity index (χ4v) is 0.619. The molecule has 1 aliphatic rings. The van der Waals surface area contributed by atoms with Crippen LogP contribution in [0.1, 0.15) is 0 Å². The highest BCUT2D eigenvalue weighted by Crippen LogP contribution is 1.99. The highest BCUT2D eigenvalue weighted by atomic mass is 16.2. The number of amides is 2. The number of rotatable bonds is 2. The fraction of sp³-hybridized carbons (Fsp3) is 0. The van der Waals surface area contributed by atoms with Crippen LogP contribution >= 0.6 is 0 Å². The van der Waals surface area contributed by atoms with Gasteiger partial charge in [0.15, 0.2) is 0 Å². The monoisotopic (exact) mass is 139 g/mol. The summed E-state index contributed by atoms with van der Waals surface area (Å²) < 4.78 is -0.490. The highest BCUT2D eigenvalue weighted by Gasteiger charge is 2.23. The largest absolute Gasteiger partial charge is 0.337 e. The molecule has 1 rings (SSSR count). The van der Waals surface area contributed by atoms with E-state index in [2.05, 4.69) is 5.43 Å². The van der Waals surface area contributed by atoms with Crippen molar-refractivity contribution in [3.05, 3.63) is 24.6 Å². The zero-order valence-electron chi connectivity index (χ0n) is 5.23. The Hall–Kier alpha value is -1.42. The van der Waals surface area contributed by atoms with Crippen molar-refractivity contribution in [2.75, 3.05) is 0 Å². The van der Waals surface area contributed by atoms with Gasteiger partial charge < -0.3 is 0 Å². The molecule has 0 aromatic heterocycles. The van der Waals surface area contributed by atoms with Crippen molar-refractivity contribution < 1.29 is 14.2 Å². The average Bonchev–Trinajstić information content (AvgIpc) is 2.06. The van der Waals surface area contributed by atoms with Crippen LogP contribution in [0.3, 0.4) is 0 Å². The minimum Gasteiger partial charge on any atom is -0.230 e. The molecule has 1 heterocycles. The van der Waals surface area contributed by atoms with Crippen LogP contribution in [0, 0.1) is 0 Å². The number of carbonyl (C=O) groups is 2. The first-order valence-electron chi connectivity index (χ1n) is 2.76. The third-order valence-electron chi connectivity index (χ3n) is 1.19. The molecule has 2 amide bonds. The molecule has 0 aromatic carbocycles. The van der Waals surface area contributed by atoms with Crippen molar-refractivity contribution in [2.24, 2.45) is 0 Å². The van der Waals surface area contributed by atoms with Crippen molar-refractivity contribution in [1.29, 1.82) is 0 Å². The molecule has 0 saturated heterocycles. The smallest absolute Gasteiger partial charge is 0.230 e. The van der Waals surface area contributed by atoms with E-state index in [0.29, 0.717) is 12.8 Å². The molecule has 0 unspecified atom stereocenters. The standard InChI is InChI=1S/C6H7N2O2/c9-5-8(6-10)4-2-1-3-7-8/h1-7H/q+1. The number of quaternary nitrogens is 1. The van der Waals surface area contributed by atoms with Crippen LogP contribution in [0.5, 0.6) is 0 Å². The van der Waals surface area contributed by atoms with Gasteiger partial charge in [-0.1, -0.05) is 4.59 Å². The Bertz CT molecular complexity index is 200. The molecule has 1 N–H and O–H groups in total. The lowest BCUT2D eigenvalue weighted by Gasteiger charge is -2.19. The summed E-state index contributed by atoms with van der Waals surface area (Å²) in [6.07, 6.45) is 7.31. The molecule has 0 saturated carbocycles. The van der Waals surface area contributed by atoms with Gasteiger partial charge in [-0.15, -0.1) is 0 Å². The van der Waals surface area contributed by atoms with Crippen LogP contribution in [0.2, 0.25) is 0 Å². The predicted octanol–water partition coefficient (Wildman–Crippen LogP) is -0.338. The normalized spacial score (nSPS) is 19.6. The Morgan fingerprint density at radius 1 is 1.20 bits per heavy atom. The molecule has 0 atom stereocenters. The highest BCUT2D eigenvalue weighted by molar-refractivity contribution is 5.56. The Balaban J connectivity index is 2.85. The Labute approximate surface area is 58.0 Å². The van der Waals surface area contributed by atoms with Crippen LogP contribution in [-0.2, 0) is 9.59 Å². The molecule has 1 aliphatic heterocycles. The van der Waals surface area contributed by atoms with Crippen molar-refractivity contribution >= 4 is 12.8 Å². The van der Waals surface area contributed by atoms with E-state index in [1.807, 2.05) is 0 Å². The van der Waals surface area contributed by atoms with E-state index in [4.69, 9.17) is 0 Å². The summed E-state index contributed by atoms with van der Waals surface area (Å²) >= 11 is 0. The number of nitrogens with one attached hydrogen (secondary N) is 1. The van der Waals surface area contributed by atoms with Gasteiger partial charge in [-0.25, -0.2) is 15.0 Å². The van der Waals surface area contributed by atoms with Gasteiger partial charge in [0.2, 0.25) is 0 Å². The molecule has 0 aromatic rings. The van der Waals surface area contributed by atoms with Crippen molar-refractivity contribution in [1.82, 2.24) is 5.43 Å². The predicted molar refractivity (Wildman–Crippen MR) is 33.8 cm³/mol. The summed E-state index contributed by atoms with van der Waals surface area (Å²) in [7, 11) is 0. The molecular formula is C6H7N2O2+. The lowest BCUT2D eigenvalue weighted by atomic mass is 10.5. The molecular weight excluding hydrogens is 132 g/mol. The average molecular weight is 139 g/mol. The molecule has 4 nitrogen and oxygen atoms in total. The first kappa shape index (κ1) is 6.70. The summed E-state index contributed by atoms with van der Waals surface area (Å²) in [5.41, 5.74) is 2.57. The van der Waals surface area contributed by atoms with E-state index in [-0.39, 0.29) is 0 Å². The minimum atomic E-state index is -0.490. The summed E-state index contributed by atoms with van der Waals surface area (Å²) in [4.78, 5) is 20.6. The van der Waals surface area contributed by atoms with Gasteiger partial charge in [0.25, 0.3) is 0 Å². The second-order valence-corrected chi connectivity index (χ2v) is 1.88. The zero-order chi connectivity index (χ0) is 7.45. The number of hydrogen-bond acceptors (Lipinski definition) is 3. The zero-order valence-corrected chi connectivity index (χ0v) is 5.23. The second kappa shape index (κ2) is 2.45. The molecule has 0 radical (unpaired) electrons. The molecule has 0 bridgehead atoms. The quantitative estimate of drug-likeness (QED) is 0.420. The molecule has 52 valence electrons. The van der Waals surface area contributed by atoms with E-state index < -0.39 is 4.59 Å². The number of allylic oxidation sites excluding steroid dienone is 2. The number of hydrogen-bond donors (Lipinski definition) is 1. The van der Waals surface area contributed by atoms with Gasteiger partial charge in [0.1, 0.15) is 6.20 Å². The summed E-state index contributed by atoms with van der Waals surface area (Å²) in [5.74, 6) is 0. The first-order valence-corrected chi connectivity index (χ1v) is 2.76. The summed E-state index contributed by atoms with van der Waals surface area (Å²) in [5, 5.41) is 0. The van der Waals surface area contributed by atoms with Crippen molar-refractivity contribution in [3.63, 3.8) is 0 Å². The second-order valence-electron chi connectivity index (χ2n) is 1.88. The van der Waals surface area contributed by atoms with E-state index in [1.54, 1.807) is 12.2 Å². The van der Waals surface area contributed by atoms with Crippen LogP contribution < -0.4 is 5.43 Å². The number of nitrogens with zero attached hydrogens (tertiary/aromatic N) is 1. The van der Waals surface area contributed by atoms with Gasteiger partial charge in [-0.3, -0.25) is 0 Å². The Kier molecular flexibility index (Phi) is 1.64. The Morgan fingerprint density at radius 2 is 1.90 bits per heavy atom. The summed E-state index contributed by atoms with van der Waals surface area (Å²) in [6, 6.07) is 0. The SMILES string of the molecule is O=C[N+]1(C=O)C=CC=CN1. The Morgan fingerprint density at radius 3 is 2.20 bits per heavy atom.